The smallest absolute Gasteiger partial charge is 0.257 e. The van der Waals surface area contributed by atoms with Crippen molar-refractivity contribution in [1.82, 2.24) is 19.6 Å². The summed E-state index contributed by atoms with van der Waals surface area (Å²) in [5.41, 5.74) is 1.83. The van der Waals surface area contributed by atoms with Gasteiger partial charge < -0.3 is 14.5 Å². The van der Waals surface area contributed by atoms with Crippen molar-refractivity contribution < 1.29 is 9.53 Å². The van der Waals surface area contributed by atoms with E-state index in [1.807, 2.05) is 17.8 Å². The summed E-state index contributed by atoms with van der Waals surface area (Å²) in [6.07, 6.45) is 4.26. The van der Waals surface area contributed by atoms with Crippen LogP contribution >= 0.6 is 0 Å². The predicted molar refractivity (Wildman–Crippen MR) is 95.6 cm³/mol. The van der Waals surface area contributed by atoms with E-state index in [4.69, 9.17) is 4.74 Å². The number of hydrogen-bond acceptors (Lipinski definition) is 4. The number of aromatic nitrogens is 2. The van der Waals surface area contributed by atoms with Gasteiger partial charge in [0, 0.05) is 24.7 Å². The summed E-state index contributed by atoms with van der Waals surface area (Å²) in [6.45, 7) is 10.7. The zero-order chi connectivity index (χ0) is 17.8. The fourth-order valence-electron chi connectivity index (χ4n) is 4.93. The molecule has 4 rings (SSSR count). The molecule has 0 bridgehead atoms. The van der Waals surface area contributed by atoms with Gasteiger partial charge in [-0.3, -0.25) is 9.48 Å². The Bertz CT molecular complexity index is 660. The van der Waals surface area contributed by atoms with E-state index in [9.17, 15) is 4.79 Å². The minimum atomic E-state index is 0.140. The molecule has 0 aromatic carbocycles. The first-order chi connectivity index (χ1) is 11.9. The predicted octanol–water partition coefficient (Wildman–Crippen LogP) is 1.96. The van der Waals surface area contributed by atoms with E-state index in [0.29, 0.717) is 12.5 Å². The quantitative estimate of drug-likeness (QED) is 0.821. The maximum absolute atomic E-state index is 13.3. The van der Waals surface area contributed by atoms with Crippen molar-refractivity contribution in [1.29, 1.82) is 0 Å². The monoisotopic (exact) mass is 346 g/mol. The number of amides is 1. The molecule has 138 valence electrons. The highest BCUT2D eigenvalue weighted by Gasteiger charge is 2.56. The van der Waals surface area contributed by atoms with Crippen LogP contribution in [-0.4, -0.2) is 71.4 Å². The standard InChI is InChI=1S/C19H30N4O2/c1-13(2)23-9-15(14(3)20-23)18(24)22-12-19(5-7-21(4)8-6-19)16-10-25-11-17(16)22/h9,13,16-17H,5-8,10-12H2,1-4H3/t16-,17+/m0/s1. The third kappa shape index (κ3) is 2.70. The third-order valence-corrected chi connectivity index (χ3v) is 6.64. The second kappa shape index (κ2) is 6.09. The molecular weight excluding hydrogens is 316 g/mol. The van der Waals surface area contributed by atoms with E-state index < -0.39 is 0 Å². The molecule has 3 fully saturated rings. The Kier molecular flexibility index (Phi) is 4.15. The molecule has 2 atom stereocenters. The van der Waals surface area contributed by atoms with Gasteiger partial charge in [-0.2, -0.15) is 5.10 Å². The highest BCUT2D eigenvalue weighted by molar-refractivity contribution is 5.95. The Labute approximate surface area is 150 Å². The number of carbonyl (C=O) groups is 1. The second-order valence-corrected chi connectivity index (χ2v) is 8.51. The average Bonchev–Trinajstić information content (AvgIpc) is 3.26. The van der Waals surface area contributed by atoms with E-state index in [-0.39, 0.29) is 23.4 Å². The van der Waals surface area contributed by atoms with Crippen molar-refractivity contribution in [2.75, 3.05) is 39.9 Å². The van der Waals surface area contributed by atoms with Gasteiger partial charge in [-0.05, 0) is 59.2 Å². The Morgan fingerprint density at radius 3 is 2.68 bits per heavy atom. The third-order valence-electron chi connectivity index (χ3n) is 6.64. The van der Waals surface area contributed by atoms with Crippen LogP contribution in [0, 0.1) is 18.3 Å². The molecule has 0 radical (unpaired) electrons. The highest BCUT2D eigenvalue weighted by Crippen LogP contribution is 2.50. The zero-order valence-electron chi connectivity index (χ0n) is 15.9. The van der Waals surface area contributed by atoms with Crippen LogP contribution in [0.5, 0.6) is 0 Å². The number of hydrogen-bond donors (Lipinski definition) is 0. The zero-order valence-corrected chi connectivity index (χ0v) is 15.9. The molecule has 3 aliphatic heterocycles. The number of carbonyl (C=O) groups excluding carboxylic acids is 1. The van der Waals surface area contributed by atoms with Crippen molar-refractivity contribution in [3.8, 4) is 0 Å². The maximum atomic E-state index is 13.3. The summed E-state index contributed by atoms with van der Waals surface area (Å²) in [4.78, 5) is 17.9. The second-order valence-electron chi connectivity index (χ2n) is 8.51. The molecule has 3 saturated heterocycles. The Balaban J connectivity index is 1.61. The molecule has 0 N–H and O–H groups in total. The lowest BCUT2D eigenvalue weighted by Crippen LogP contribution is -2.43. The van der Waals surface area contributed by atoms with Crippen molar-refractivity contribution in [2.45, 2.75) is 45.7 Å². The fourth-order valence-corrected chi connectivity index (χ4v) is 4.93. The first kappa shape index (κ1) is 17.0. The first-order valence-electron chi connectivity index (χ1n) is 9.54. The van der Waals surface area contributed by atoms with Crippen molar-refractivity contribution >= 4 is 5.91 Å². The van der Waals surface area contributed by atoms with E-state index in [1.54, 1.807) is 0 Å². The van der Waals surface area contributed by atoms with Gasteiger partial charge in [0.2, 0.25) is 0 Å². The van der Waals surface area contributed by atoms with E-state index in [0.717, 1.165) is 37.5 Å². The van der Waals surface area contributed by atoms with Crippen LogP contribution in [0.2, 0.25) is 0 Å². The van der Waals surface area contributed by atoms with Crippen molar-refractivity contribution in [3.05, 3.63) is 17.5 Å². The topological polar surface area (TPSA) is 50.6 Å². The minimum absolute atomic E-state index is 0.140. The van der Waals surface area contributed by atoms with Gasteiger partial charge in [-0.25, -0.2) is 0 Å². The van der Waals surface area contributed by atoms with Crippen LogP contribution in [0.1, 0.15) is 48.8 Å². The summed E-state index contributed by atoms with van der Waals surface area (Å²) in [5.74, 6) is 0.631. The molecule has 6 nitrogen and oxygen atoms in total. The van der Waals surface area contributed by atoms with E-state index in [2.05, 4.69) is 35.8 Å². The summed E-state index contributed by atoms with van der Waals surface area (Å²) in [7, 11) is 2.19. The number of piperidine rings is 1. The molecule has 3 aliphatic rings. The number of aryl methyl sites for hydroxylation is 1. The lowest BCUT2D eigenvalue weighted by Gasteiger charge is -2.40. The van der Waals surface area contributed by atoms with E-state index in [1.165, 1.54) is 12.8 Å². The SMILES string of the molecule is Cc1nn(C(C)C)cc1C(=O)N1CC2(CCN(C)CC2)[C@H]2COC[C@H]21. The number of fused-ring (bicyclic) bond motifs is 2. The van der Waals surface area contributed by atoms with Gasteiger partial charge >= 0.3 is 0 Å². The summed E-state index contributed by atoms with van der Waals surface area (Å²) < 4.78 is 7.72. The Morgan fingerprint density at radius 1 is 1.32 bits per heavy atom. The molecule has 0 unspecified atom stereocenters. The number of nitrogens with zero attached hydrogens (tertiary/aromatic N) is 4. The van der Waals surface area contributed by atoms with E-state index >= 15 is 0 Å². The van der Waals surface area contributed by atoms with Crippen LogP contribution in [0.25, 0.3) is 0 Å². The lowest BCUT2D eigenvalue weighted by atomic mass is 9.70. The Hall–Kier alpha value is -1.40. The summed E-state index contributed by atoms with van der Waals surface area (Å²) >= 11 is 0. The Morgan fingerprint density at radius 2 is 2.04 bits per heavy atom. The van der Waals surface area contributed by atoms with Gasteiger partial charge in [-0.1, -0.05) is 0 Å². The largest absolute Gasteiger partial charge is 0.379 e. The summed E-state index contributed by atoms with van der Waals surface area (Å²) in [6, 6.07) is 0.499. The van der Waals surface area contributed by atoms with Crippen LogP contribution in [0.15, 0.2) is 6.20 Å². The maximum Gasteiger partial charge on any atom is 0.257 e. The van der Waals surface area contributed by atoms with Crippen molar-refractivity contribution in [2.24, 2.45) is 11.3 Å². The van der Waals surface area contributed by atoms with Gasteiger partial charge in [0.05, 0.1) is 30.5 Å². The molecule has 1 aromatic rings. The van der Waals surface area contributed by atoms with Crippen LogP contribution in [-0.2, 0) is 4.74 Å². The van der Waals surface area contributed by atoms with Gasteiger partial charge in [-0.15, -0.1) is 0 Å². The summed E-state index contributed by atoms with van der Waals surface area (Å²) in [5, 5.41) is 4.53. The molecule has 0 saturated carbocycles. The normalized spacial score (nSPS) is 28.9. The molecule has 1 amide bonds. The van der Waals surface area contributed by atoms with Crippen LogP contribution < -0.4 is 0 Å². The number of rotatable bonds is 2. The van der Waals surface area contributed by atoms with Gasteiger partial charge in [0.25, 0.3) is 5.91 Å². The first-order valence-corrected chi connectivity index (χ1v) is 9.54. The lowest BCUT2D eigenvalue weighted by molar-refractivity contribution is 0.0498. The highest BCUT2D eigenvalue weighted by atomic mass is 16.5. The average molecular weight is 346 g/mol. The van der Waals surface area contributed by atoms with Gasteiger partial charge in [0.1, 0.15) is 0 Å². The molecule has 4 heterocycles. The van der Waals surface area contributed by atoms with Crippen molar-refractivity contribution in [3.63, 3.8) is 0 Å². The minimum Gasteiger partial charge on any atom is -0.379 e. The number of likely N-dealkylation sites (tertiary alicyclic amines) is 2. The molecule has 6 heteroatoms. The molecular formula is C19H30N4O2. The molecule has 1 spiro atoms. The number of ether oxygens (including phenoxy) is 1. The van der Waals surface area contributed by atoms with Crippen LogP contribution in [0.4, 0.5) is 0 Å². The molecule has 0 aliphatic carbocycles. The molecule has 25 heavy (non-hydrogen) atoms. The molecule has 1 aromatic heterocycles. The van der Waals surface area contributed by atoms with Crippen LogP contribution in [0.3, 0.4) is 0 Å². The fraction of sp³-hybridized carbons (Fsp3) is 0.789. The van der Waals surface area contributed by atoms with Gasteiger partial charge in [0.15, 0.2) is 0 Å².